The van der Waals surface area contributed by atoms with Crippen molar-refractivity contribution in [3.63, 3.8) is 0 Å². The average molecular weight is 434 g/mol. The Kier molecular flexibility index (Phi) is 6.00. The maximum absolute atomic E-state index is 13.4. The number of carbonyl (C=O) groups excluding carboxylic acids is 1. The zero-order valence-corrected chi connectivity index (χ0v) is 18.1. The third-order valence-electron chi connectivity index (χ3n) is 5.10. The summed E-state index contributed by atoms with van der Waals surface area (Å²) in [6.07, 6.45) is 2.26. The number of carbonyl (C=O) groups is 1. The van der Waals surface area contributed by atoms with E-state index in [1.54, 1.807) is 0 Å². The van der Waals surface area contributed by atoms with Gasteiger partial charge in [-0.3, -0.25) is 4.79 Å². The summed E-state index contributed by atoms with van der Waals surface area (Å²) in [4.78, 5) is 22.6. The van der Waals surface area contributed by atoms with E-state index in [1.807, 2.05) is 18.7 Å². The molecule has 1 amide bonds. The molecule has 3 heterocycles. The number of ether oxygens (including phenoxy) is 1. The maximum Gasteiger partial charge on any atom is 0.253 e. The second-order valence-corrected chi connectivity index (χ2v) is 9.92. The van der Waals surface area contributed by atoms with E-state index in [9.17, 15) is 13.2 Å². The van der Waals surface area contributed by atoms with Crippen molar-refractivity contribution in [1.29, 1.82) is 0 Å². The second-order valence-electron chi connectivity index (χ2n) is 8.06. The molecule has 162 valence electrons. The highest BCUT2D eigenvalue weighted by molar-refractivity contribution is 7.91. The zero-order chi connectivity index (χ0) is 22.1. The number of anilines is 1. The number of primary amides is 1. The van der Waals surface area contributed by atoms with Gasteiger partial charge in [0.1, 0.15) is 18.0 Å². The van der Waals surface area contributed by atoms with Crippen LogP contribution in [-0.4, -0.2) is 49.5 Å². The first-order chi connectivity index (χ1) is 14.1. The van der Waals surface area contributed by atoms with Gasteiger partial charge >= 0.3 is 0 Å². The number of amides is 1. The van der Waals surface area contributed by atoms with Gasteiger partial charge in [-0.25, -0.2) is 18.4 Å². The van der Waals surface area contributed by atoms with Gasteiger partial charge in [0.2, 0.25) is 15.7 Å². The third-order valence-corrected chi connectivity index (χ3v) is 6.80. The number of hydrogen-bond acceptors (Lipinski definition) is 8. The zero-order valence-electron chi connectivity index (χ0n) is 17.3. The van der Waals surface area contributed by atoms with E-state index in [2.05, 4.69) is 16.9 Å². The van der Waals surface area contributed by atoms with Crippen molar-refractivity contribution < 1.29 is 17.9 Å². The Morgan fingerprint density at radius 2 is 2.07 bits per heavy atom. The fourth-order valence-electron chi connectivity index (χ4n) is 3.96. The predicted octanol–water partition coefficient (Wildman–Crippen LogP) is 1.37. The van der Waals surface area contributed by atoms with Gasteiger partial charge < -0.3 is 21.1 Å². The van der Waals surface area contributed by atoms with Gasteiger partial charge in [-0.15, -0.1) is 0 Å². The Labute approximate surface area is 176 Å². The molecule has 2 aromatic rings. The van der Waals surface area contributed by atoms with E-state index in [-0.39, 0.29) is 45.9 Å². The molecule has 1 saturated heterocycles. The largest absolute Gasteiger partial charge is 0.476 e. The number of sulfone groups is 1. The number of nitrogens with two attached hydrogens (primary N) is 2. The van der Waals surface area contributed by atoms with E-state index in [4.69, 9.17) is 16.2 Å². The molecule has 9 nitrogen and oxygen atoms in total. The number of pyridine rings is 2. The quantitative estimate of drug-likeness (QED) is 0.667. The molecule has 1 unspecified atom stereocenters. The lowest BCUT2D eigenvalue weighted by Gasteiger charge is -2.33. The van der Waals surface area contributed by atoms with E-state index >= 15 is 0 Å². The van der Waals surface area contributed by atoms with Gasteiger partial charge in [0, 0.05) is 30.9 Å². The Morgan fingerprint density at radius 1 is 1.33 bits per heavy atom. The summed E-state index contributed by atoms with van der Waals surface area (Å²) in [5.74, 6) is -0.0946. The molecule has 10 heteroatoms. The molecule has 1 atom stereocenters. The Balaban J connectivity index is 2.14. The summed E-state index contributed by atoms with van der Waals surface area (Å²) in [6, 6.07) is 5.68. The second kappa shape index (κ2) is 8.19. The first-order valence-electron chi connectivity index (χ1n) is 9.69. The van der Waals surface area contributed by atoms with Crippen LogP contribution in [0.1, 0.15) is 37.6 Å². The van der Waals surface area contributed by atoms with Crippen LogP contribution in [0.2, 0.25) is 0 Å². The monoisotopic (exact) mass is 433 g/mol. The molecule has 0 aliphatic carbocycles. The average Bonchev–Trinajstić information content (AvgIpc) is 2.97. The summed E-state index contributed by atoms with van der Waals surface area (Å²) in [5.41, 5.74) is 10.6. The maximum atomic E-state index is 13.4. The lowest BCUT2D eigenvalue weighted by atomic mass is 9.97. The molecule has 1 fully saturated rings. The first-order valence-corrected chi connectivity index (χ1v) is 11.2. The molecule has 1 aliphatic heterocycles. The summed E-state index contributed by atoms with van der Waals surface area (Å²) >= 11 is 0. The molecule has 0 aromatic carbocycles. The van der Waals surface area contributed by atoms with Crippen LogP contribution in [0.25, 0.3) is 0 Å². The van der Waals surface area contributed by atoms with Crippen LogP contribution in [0.15, 0.2) is 40.4 Å². The number of rotatable bonds is 7. The molecular formula is C20H27N5O4S. The minimum atomic E-state index is -4.15. The molecule has 30 heavy (non-hydrogen) atoms. The minimum Gasteiger partial charge on any atom is -0.476 e. The summed E-state index contributed by atoms with van der Waals surface area (Å²) < 4.78 is 32.1. The molecule has 0 radical (unpaired) electrons. The Hall–Kier alpha value is -2.72. The number of nitrogens with zero attached hydrogens (tertiary/aromatic N) is 3. The predicted molar refractivity (Wildman–Crippen MR) is 112 cm³/mol. The van der Waals surface area contributed by atoms with Gasteiger partial charge in [0.15, 0.2) is 5.03 Å². The standard InChI is InChI=1S/C20H27N5O4S/c1-13-11-20(2,3)25(12-13)19-17(18(22)26)14(7-9-23-19)30(27,28)16-6-4-5-15(24-16)29-10-8-21/h4-7,9,13H,8,10-12,21H2,1-3H3,(H2,22,26). The van der Waals surface area contributed by atoms with Crippen molar-refractivity contribution in [2.75, 3.05) is 24.6 Å². The fraction of sp³-hybridized carbons (Fsp3) is 0.450. The van der Waals surface area contributed by atoms with Crippen LogP contribution >= 0.6 is 0 Å². The Bertz CT molecular complexity index is 1050. The molecule has 4 N–H and O–H groups in total. The SMILES string of the molecule is CC1CN(c2nccc(S(=O)(=O)c3cccc(OCCN)n3)c2C(N)=O)C(C)(C)C1. The topological polar surface area (TPSA) is 142 Å². The van der Waals surface area contributed by atoms with Crippen LogP contribution in [0, 0.1) is 5.92 Å². The van der Waals surface area contributed by atoms with E-state index in [0.29, 0.717) is 12.5 Å². The van der Waals surface area contributed by atoms with Gasteiger partial charge in [-0.2, -0.15) is 0 Å². The third kappa shape index (κ3) is 4.10. The van der Waals surface area contributed by atoms with Crippen LogP contribution in [0.5, 0.6) is 5.88 Å². The minimum absolute atomic E-state index is 0.130. The number of hydrogen-bond donors (Lipinski definition) is 2. The summed E-state index contributed by atoms with van der Waals surface area (Å²) in [5, 5.41) is -0.245. The molecule has 0 bridgehead atoms. The van der Waals surface area contributed by atoms with Crippen molar-refractivity contribution in [3.05, 3.63) is 36.0 Å². The lowest BCUT2D eigenvalue weighted by Crippen LogP contribution is -2.40. The van der Waals surface area contributed by atoms with Crippen molar-refractivity contribution >= 4 is 21.6 Å². The van der Waals surface area contributed by atoms with Crippen LogP contribution in [-0.2, 0) is 9.84 Å². The van der Waals surface area contributed by atoms with Crippen molar-refractivity contribution in [2.45, 2.75) is 42.7 Å². The lowest BCUT2D eigenvalue weighted by molar-refractivity contribution is 0.0997. The summed E-state index contributed by atoms with van der Waals surface area (Å²) in [6.45, 7) is 7.27. The van der Waals surface area contributed by atoms with Crippen LogP contribution in [0.3, 0.4) is 0 Å². The highest BCUT2D eigenvalue weighted by Gasteiger charge is 2.40. The fourth-order valence-corrected chi connectivity index (χ4v) is 5.35. The molecule has 2 aromatic heterocycles. The molecule has 3 rings (SSSR count). The van der Waals surface area contributed by atoms with Crippen molar-refractivity contribution in [1.82, 2.24) is 9.97 Å². The van der Waals surface area contributed by atoms with Crippen LogP contribution < -0.4 is 21.1 Å². The Morgan fingerprint density at radius 3 is 2.67 bits per heavy atom. The highest BCUT2D eigenvalue weighted by atomic mass is 32.2. The number of aromatic nitrogens is 2. The highest BCUT2D eigenvalue weighted by Crippen LogP contribution is 2.39. The normalized spacial score (nSPS) is 18.4. The van der Waals surface area contributed by atoms with Gasteiger partial charge in [0.25, 0.3) is 5.91 Å². The first kappa shape index (κ1) is 22.0. The van der Waals surface area contributed by atoms with E-state index in [0.717, 1.165) is 6.42 Å². The van der Waals surface area contributed by atoms with Gasteiger partial charge in [0.05, 0.1) is 4.90 Å². The van der Waals surface area contributed by atoms with E-state index in [1.165, 1.54) is 30.5 Å². The molecule has 0 spiro atoms. The molecule has 1 aliphatic rings. The van der Waals surface area contributed by atoms with Crippen LogP contribution in [0.4, 0.5) is 5.82 Å². The van der Waals surface area contributed by atoms with Gasteiger partial charge in [-0.1, -0.05) is 13.0 Å². The van der Waals surface area contributed by atoms with E-state index < -0.39 is 15.7 Å². The van der Waals surface area contributed by atoms with Crippen molar-refractivity contribution in [2.24, 2.45) is 17.4 Å². The van der Waals surface area contributed by atoms with Crippen molar-refractivity contribution in [3.8, 4) is 5.88 Å². The van der Waals surface area contributed by atoms with Gasteiger partial charge in [-0.05, 0) is 38.3 Å². The molecule has 0 saturated carbocycles. The summed E-state index contributed by atoms with van der Waals surface area (Å²) in [7, 11) is -4.15. The smallest absolute Gasteiger partial charge is 0.253 e. The molecular weight excluding hydrogens is 406 g/mol.